The van der Waals surface area contributed by atoms with Crippen molar-refractivity contribution in [3.05, 3.63) is 52.4 Å². The molecule has 1 amide bonds. The number of H-pyrrole nitrogens is 1. The zero-order valence-corrected chi connectivity index (χ0v) is 11.5. The van der Waals surface area contributed by atoms with E-state index in [2.05, 4.69) is 15.0 Å². The van der Waals surface area contributed by atoms with Crippen LogP contribution in [0.2, 0.25) is 0 Å². The van der Waals surface area contributed by atoms with Gasteiger partial charge in [0, 0.05) is 11.9 Å². The van der Waals surface area contributed by atoms with Crippen LogP contribution in [-0.2, 0) is 21.2 Å². The lowest BCUT2D eigenvalue weighted by Gasteiger charge is -2.08. The van der Waals surface area contributed by atoms with Crippen molar-refractivity contribution in [2.75, 3.05) is 10.0 Å². The lowest BCUT2D eigenvalue weighted by molar-refractivity contribution is -0.115. The summed E-state index contributed by atoms with van der Waals surface area (Å²) >= 11 is 0. The van der Waals surface area contributed by atoms with E-state index in [1.54, 1.807) is 0 Å². The van der Waals surface area contributed by atoms with Gasteiger partial charge in [0.15, 0.2) is 0 Å². The number of aromatic nitrogens is 1. The van der Waals surface area contributed by atoms with E-state index in [0.717, 1.165) is 0 Å². The zero-order valence-electron chi connectivity index (χ0n) is 10.7. The van der Waals surface area contributed by atoms with Gasteiger partial charge >= 0.3 is 0 Å². The Kier molecular flexibility index (Phi) is 3.02. The van der Waals surface area contributed by atoms with Crippen molar-refractivity contribution < 1.29 is 13.2 Å². The lowest BCUT2D eigenvalue weighted by atomic mass is 10.2. The largest absolute Gasteiger partial charge is 0.327 e. The third kappa shape index (κ3) is 2.52. The van der Waals surface area contributed by atoms with E-state index in [4.69, 9.17) is 0 Å². The maximum absolute atomic E-state index is 12.3. The van der Waals surface area contributed by atoms with E-state index in [0.29, 0.717) is 11.3 Å². The van der Waals surface area contributed by atoms with Gasteiger partial charge in [-0.3, -0.25) is 14.3 Å². The van der Waals surface area contributed by atoms with Crippen molar-refractivity contribution in [2.45, 2.75) is 11.3 Å². The molecule has 0 fully saturated rings. The molecule has 2 heterocycles. The number of amides is 1. The number of hydrogen-bond acceptors (Lipinski definition) is 4. The molecule has 1 aliphatic rings. The van der Waals surface area contributed by atoms with Crippen LogP contribution >= 0.6 is 0 Å². The second kappa shape index (κ2) is 4.74. The molecular formula is C13H11N3O4S. The Morgan fingerprint density at radius 1 is 1.14 bits per heavy atom. The average Bonchev–Trinajstić information content (AvgIpc) is 2.80. The molecule has 0 saturated carbocycles. The van der Waals surface area contributed by atoms with Crippen LogP contribution in [0.4, 0.5) is 11.4 Å². The van der Waals surface area contributed by atoms with E-state index in [1.807, 2.05) is 0 Å². The topological polar surface area (TPSA) is 108 Å². The summed E-state index contributed by atoms with van der Waals surface area (Å²) in [6, 6.07) is 7.22. The van der Waals surface area contributed by atoms with Gasteiger partial charge in [0.05, 0.1) is 11.3 Å². The van der Waals surface area contributed by atoms with Crippen molar-refractivity contribution in [3.8, 4) is 0 Å². The first kappa shape index (κ1) is 13.4. The van der Waals surface area contributed by atoms with Gasteiger partial charge in [-0.25, -0.2) is 8.42 Å². The Labute approximate surface area is 120 Å². The molecule has 3 N–H and O–H groups in total. The summed E-state index contributed by atoms with van der Waals surface area (Å²) in [7, 11) is -3.88. The number of benzene rings is 1. The zero-order chi connectivity index (χ0) is 15.0. The first-order valence-corrected chi connectivity index (χ1v) is 7.57. The number of aromatic amines is 1. The van der Waals surface area contributed by atoms with Crippen LogP contribution in [0, 0.1) is 0 Å². The molecule has 21 heavy (non-hydrogen) atoms. The number of carbonyl (C=O) groups excluding carboxylic acids is 1. The summed E-state index contributed by atoms with van der Waals surface area (Å²) in [5, 5.41) is 2.63. The fraction of sp³-hybridized carbons (Fsp3) is 0.0769. The van der Waals surface area contributed by atoms with Gasteiger partial charge < -0.3 is 10.3 Å². The molecule has 0 unspecified atom stereocenters. The summed E-state index contributed by atoms with van der Waals surface area (Å²) in [4.78, 5) is 25.2. The minimum atomic E-state index is -3.88. The van der Waals surface area contributed by atoms with Crippen molar-refractivity contribution in [2.24, 2.45) is 0 Å². The number of fused-ring (bicyclic) bond motifs is 1. The Balaban J connectivity index is 1.97. The average molecular weight is 305 g/mol. The normalized spacial score (nSPS) is 13.6. The molecule has 0 aliphatic carbocycles. The van der Waals surface area contributed by atoms with E-state index in [1.165, 1.54) is 36.5 Å². The second-order valence-electron chi connectivity index (χ2n) is 4.56. The second-order valence-corrected chi connectivity index (χ2v) is 6.24. The van der Waals surface area contributed by atoms with E-state index in [-0.39, 0.29) is 22.9 Å². The summed E-state index contributed by atoms with van der Waals surface area (Å²) in [6.07, 6.45) is 1.55. The number of anilines is 2. The highest BCUT2D eigenvalue weighted by Gasteiger charge is 2.22. The van der Waals surface area contributed by atoms with E-state index in [9.17, 15) is 18.0 Å². The van der Waals surface area contributed by atoms with E-state index < -0.39 is 15.6 Å². The van der Waals surface area contributed by atoms with Gasteiger partial charge in [0.1, 0.15) is 5.69 Å². The molecule has 0 bridgehead atoms. The number of rotatable bonds is 3. The molecule has 1 aromatic carbocycles. The fourth-order valence-corrected chi connectivity index (χ4v) is 3.19. The quantitative estimate of drug-likeness (QED) is 0.774. The van der Waals surface area contributed by atoms with Gasteiger partial charge in [0.25, 0.3) is 15.6 Å². The van der Waals surface area contributed by atoms with Crippen LogP contribution in [-0.4, -0.2) is 19.3 Å². The molecule has 108 valence electrons. The molecule has 1 aliphatic heterocycles. The SMILES string of the molecule is O=C1Cc2cc(S(=O)(=O)Nc3ccc[nH]c3=O)ccc2N1. The summed E-state index contributed by atoms with van der Waals surface area (Å²) < 4.78 is 26.8. The molecule has 0 atom stereocenters. The van der Waals surface area contributed by atoms with Crippen molar-refractivity contribution in [1.29, 1.82) is 0 Å². The molecule has 8 heteroatoms. The van der Waals surface area contributed by atoms with E-state index >= 15 is 0 Å². The predicted molar refractivity (Wildman–Crippen MR) is 76.6 cm³/mol. The molecule has 0 saturated heterocycles. The number of pyridine rings is 1. The minimum absolute atomic E-state index is 0.000929. The fourth-order valence-electron chi connectivity index (χ4n) is 2.08. The van der Waals surface area contributed by atoms with Crippen LogP contribution in [0.1, 0.15) is 5.56 Å². The molecule has 1 aromatic heterocycles. The lowest BCUT2D eigenvalue weighted by Crippen LogP contribution is -2.19. The van der Waals surface area contributed by atoms with Crippen LogP contribution in [0.3, 0.4) is 0 Å². The monoisotopic (exact) mass is 305 g/mol. The minimum Gasteiger partial charge on any atom is -0.327 e. The van der Waals surface area contributed by atoms with Gasteiger partial charge in [-0.2, -0.15) is 0 Å². The van der Waals surface area contributed by atoms with Crippen LogP contribution < -0.4 is 15.6 Å². The Hall–Kier alpha value is -2.61. The van der Waals surface area contributed by atoms with Crippen molar-refractivity contribution in [1.82, 2.24) is 4.98 Å². The maximum Gasteiger partial charge on any atom is 0.272 e. The molecular weight excluding hydrogens is 294 g/mol. The Morgan fingerprint density at radius 3 is 2.71 bits per heavy atom. The number of carbonyl (C=O) groups is 1. The van der Waals surface area contributed by atoms with Gasteiger partial charge in [-0.05, 0) is 35.9 Å². The van der Waals surface area contributed by atoms with Gasteiger partial charge in [-0.1, -0.05) is 0 Å². The molecule has 2 aromatic rings. The van der Waals surface area contributed by atoms with Crippen molar-refractivity contribution in [3.63, 3.8) is 0 Å². The third-order valence-electron chi connectivity index (χ3n) is 3.07. The Morgan fingerprint density at radius 2 is 1.95 bits per heavy atom. The standard InChI is InChI=1S/C13H11N3O4S/c17-12-7-8-6-9(3-4-10(8)15-12)21(19,20)16-11-2-1-5-14-13(11)18/h1-6,16H,7H2,(H,14,18)(H,15,17). The molecule has 0 radical (unpaired) electrons. The van der Waals surface area contributed by atoms with Crippen LogP contribution in [0.5, 0.6) is 0 Å². The first-order valence-electron chi connectivity index (χ1n) is 6.09. The molecule has 3 rings (SSSR count). The highest BCUT2D eigenvalue weighted by molar-refractivity contribution is 7.92. The summed E-state index contributed by atoms with van der Waals surface area (Å²) in [5.41, 5.74) is 0.632. The predicted octanol–water partition coefficient (Wildman–Crippen LogP) is 0.670. The maximum atomic E-state index is 12.3. The summed E-state index contributed by atoms with van der Waals surface area (Å²) in [5.74, 6) is -0.174. The molecule has 7 nitrogen and oxygen atoms in total. The third-order valence-corrected chi connectivity index (χ3v) is 4.44. The summed E-state index contributed by atoms with van der Waals surface area (Å²) in [6.45, 7) is 0. The van der Waals surface area contributed by atoms with Crippen LogP contribution in [0.15, 0.2) is 46.2 Å². The number of nitrogens with one attached hydrogen (secondary N) is 3. The highest BCUT2D eigenvalue weighted by atomic mass is 32.2. The number of hydrogen-bond donors (Lipinski definition) is 3. The smallest absolute Gasteiger partial charge is 0.272 e. The highest BCUT2D eigenvalue weighted by Crippen LogP contribution is 2.26. The van der Waals surface area contributed by atoms with Gasteiger partial charge in [0.2, 0.25) is 5.91 Å². The van der Waals surface area contributed by atoms with Crippen LogP contribution in [0.25, 0.3) is 0 Å². The van der Waals surface area contributed by atoms with Crippen molar-refractivity contribution >= 4 is 27.3 Å². The number of sulfonamides is 1. The first-order chi connectivity index (χ1) is 9.95. The Bertz CT molecular complexity index is 886. The van der Waals surface area contributed by atoms with Gasteiger partial charge in [-0.15, -0.1) is 0 Å². The molecule has 0 spiro atoms.